The van der Waals surface area contributed by atoms with Gasteiger partial charge in [0, 0.05) is 6.42 Å². The van der Waals surface area contributed by atoms with E-state index in [1.807, 2.05) is 24.5 Å². The van der Waals surface area contributed by atoms with E-state index in [2.05, 4.69) is 13.0 Å². The molecule has 0 saturated heterocycles. The largest absolute Gasteiger partial charge is 0.291 e. The molecule has 0 N–H and O–H groups in total. The molecule has 1 nitrogen and oxygen atoms in total. The predicted octanol–water partition coefficient (Wildman–Crippen LogP) is 2.04. The predicted molar refractivity (Wildman–Crippen MR) is 45.2 cm³/mol. The molecule has 0 saturated carbocycles. The molecule has 1 aromatic rings. The molecular formula is C10H11O. The van der Waals surface area contributed by atoms with E-state index < -0.39 is 0 Å². The highest BCUT2D eigenvalue weighted by Crippen LogP contribution is 2.08. The fourth-order valence-electron chi connectivity index (χ4n) is 1.08. The van der Waals surface area contributed by atoms with Crippen LogP contribution in [-0.4, -0.2) is 6.29 Å². The maximum atomic E-state index is 9.96. The van der Waals surface area contributed by atoms with E-state index in [-0.39, 0.29) is 0 Å². The Kier molecular flexibility index (Phi) is 2.84. The molecule has 0 heterocycles. The number of benzene rings is 1. The van der Waals surface area contributed by atoms with Gasteiger partial charge in [-0.1, -0.05) is 24.3 Å². The van der Waals surface area contributed by atoms with Crippen LogP contribution in [0.25, 0.3) is 0 Å². The number of hydrogen-bond donors (Lipinski definition) is 0. The fraction of sp³-hybridized carbons (Fsp3) is 0.300. The monoisotopic (exact) mass is 147 g/mol. The van der Waals surface area contributed by atoms with Gasteiger partial charge in [0.05, 0.1) is 0 Å². The first-order chi connectivity index (χ1) is 5.34. The number of aryl methyl sites for hydroxylation is 2. The van der Waals surface area contributed by atoms with Crippen LogP contribution in [0.1, 0.15) is 17.5 Å². The van der Waals surface area contributed by atoms with Gasteiger partial charge in [0.2, 0.25) is 0 Å². The lowest BCUT2D eigenvalue weighted by atomic mass is 10.1. The SMILES string of the molecule is Cc1ccccc1CC[C]=O. The maximum absolute atomic E-state index is 9.96. The first kappa shape index (κ1) is 7.99. The molecule has 0 aliphatic rings. The summed E-state index contributed by atoms with van der Waals surface area (Å²) in [6, 6.07) is 8.10. The Hall–Kier alpha value is -1.11. The van der Waals surface area contributed by atoms with E-state index in [0.29, 0.717) is 6.42 Å². The van der Waals surface area contributed by atoms with Gasteiger partial charge in [0.1, 0.15) is 0 Å². The standard InChI is InChI=1S/C10H11O/c1-9-5-2-3-6-10(9)7-4-8-11/h2-3,5-6H,4,7H2,1H3. The van der Waals surface area contributed by atoms with Gasteiger partial charge in [-0.3, -0.25) is 4.79 Å². The van der Waals surface area contributed by atoms with Crippen molar-refractivity contribution in [2.75, 3.05) is 0 Å². The summed E-state index contributed by atoms with van der Waals surface area (Å²) >= 11 is 0. The minimum atomic E-state index is 0.505. The second-order valence-electron chi connectivity index (χ2n) is 2.57. The molecule has 11 heavy (non-hydrogen) atoms. The van der Waals surface area contributed by atoms with Crippen molar-refractivity contribution in [3.05, 3.63) is 35.4 Å². The number of hydrogen-bond acceptors (Lipinski definition) is 1. The Balaban J connectivity index is 2.69. The Morgan fingerprint density at radius 1 is 1.36 bits per heavy atom. The quantitative estimate of drug-likeness (QED) is 0.639. The van der Waals surface area contributed by atoms with Crippen LogP contribution in [0.2, 0.25) is 0 Å². The lowest BCUT2D eigenvalue weighted by molar-refractivity contribution is 0.551. The highest BCUT2D eigenvalue weighted by molar-refractivity contribution is 5.51. The molecule has 1 heteroatoms. The van der Waals surface area contributed by atoms with Crippen molar-refractivity contribution in [3.63, 3.8) is 0 Å². The third-order valence-corrected chi connectivity index (χ3v) is 1.76. The number of carbonyl (C=O) groups excluding carboxylic acids is 1. The van der Waals surface area contributed by atoms with E-state index in [1.54, 1.807) is 0 Å². The van der Waals surface area contributed by atoms with Crippen molar-refractivity contribution >= 4 is 6.29 Å². The summed E-state index contributed by atoms with van der Waals surface area (Å²) in [4.78, 5) is 9.96. The molecule has 57 valence electrons. The molecule has 0 aliphatic heterocycles. The van der Waals surface area contributed by atoms with Crippen LogP contribution in [0.3, 0.4) is 0 Å². The Morgan fingerprint density at radius 2 is 2.09 bits per heavy atom. The smallest absolute Gasteiger partial charge is 0.198 e. The Bertz CT molecular complexity index is 240. The highest BCUT2D eigenvalue weighted by Gasteiger charge is 1.94. The molecule has 1 aromatic carbocycles. The topological polar surface area (TPSA) is 17.1 Å². The normalized spacial score (nSPS) is 9.55. The minimum Gasteiger partial charge on any atom is -0.291 e. The molecular weight excluding hydrogens is 136 g/mol. The summed E-state index contributed by atoms with van der Waals surface area (Å²) < 4.78 is 0. The van der Waals surface area contributed by atoms with E-state index in [9.17, 15) is 4.79 Å². The second kappa shape index (κ2) is 3.91. The van der Waals surface area contributed by atoms with Crippen molar-refractivity contribution in [1.29, 1.82) is 0 Å². The van der Waals surface area contributed by atoms with Crippen LogP contribution < -0.4 is 0 Å². The highest BCUT2D eigenvalue weighted by atomic mass is 16.1. The lowest BCUT2D eigenvalue weighted by Gasteiger charge is -2.00. The Labute approximate surface area is 67.1 Å². The Morgan fingerprint density at radius 3 is 2.73 bits per heavy atom. The summed E-state index contributed by atoms with van der Waals surface area (Å²) in [7, 11) is 0. The maximum Gasteiger partial charge on any atom is 0.198 e. The first-order valence-electron chi connectivity index (χ1n) is 3.74. The van der Waals surface area contributed by atoms with Gasteiger partial charge >= 0.3 is 0 Å². The van der Waals surface area contributed by atoms with Crippen molar-refractivity contribution in [2.45, 2.75) is 19.8 Å². The molecule has 1 rings (SSSR count). The molecule has 0 atom stereocenters. The molecule has 0 amide bonds. The molecule has 0 aliphatic carbocycles. The molecule has 0 bridgehead atoms. The summed E-state index contributed by atoms with van der Waals surface area (Å²) in [5, 5.41) is 0. The van der Waals surface area contributed by atoms with Crippen LogP contribution in [0.5, 0.6) is 0 Å². The zero-order valence-electron chi connectivity index (χ0n) is 6.63. The number of rotatable bonds is 3. The third kappa shape index (κ3) is 2.19. The van der Waals surface area contributed by atoms with E-state index in [1.165, 1.54) is 11.1 Å². The van der Waals surface area contributed by atoms with Gasteiger partial charge in [-0.2, -0.15) is 0 Å². The van der Waals surface area contributed by atoms with Gasteiger partial charge in [0.25, 0.3) is 0 Å². The molecule has 1 radical (unpaired) electrons. The third-order valence-electron chi connectivity index (χ3n) is 1.76. The van der Waals surface area contributed by atoms with Crippen LogP contribution in [-0.2, 0) is 11.2 Å². The summed E-state index contributed by atoms with van der Waals surface area (Å²) in [6.45, 7) is 2.06. The summed E-state index contributed by atoms with van der Waals surface area (Å²) in [5.41, 5.74) is 2.50. The minimum absolute atomic E-state index is 0.505. The summed E-state index contributed by atoms with van der Waals surface area (Å²) in [6.07, 6.45) is 3.21. The van der Waals surface area contributed by atoms with Crippen molar-refractivity contribution in [3.8, 4) is 0 Å². The average molecular weight is 147 g/mol. The van der Waals surface area contributed by atoms with Gasteiger partial charge < -0.3 is 0 Å². The van der Waals surface area contributed by atoms with Crippen LogP contribution in [0.15, 0.2) is 24.3 Å². The van der Waals surface area contributed by atoms with Gasteiger partial charge in [-0.15, -0.1) is 0 Å². The van der Waals surface area contributed by atoms with Gasteiger partial charge in [0.15, 0.2) is 6.29 Å². The van der Waals surface area contributed by atoms with E-state index in [4.69, 9.17) is 0 Å². The van der Waals surface area contributed by atoms with Crippen molar-refractivity contribution < 1.29 is 4.79 Å². The van der Waals surface area contributed by atoms with Gasteiger partial charge in [-0.25, -0.2) is 0 Å². The summed E-state index contributed by atoms with van der Waals surface area (Å²) in [5.74, 6) is 0. The molecule has 0 spiro atoms. The van der Waals surface area contributed by atoms with Crippen LogP contribution in [0, 0.1) is 6.92 Å². The zero-order valence-corrected chi connectivity index (χ0v) is 6.63. The first-order valence-corrected chi connectivity index (χ1v) is 3.74. The van der Waals surface area contributed by atoms with Crippen molar-refractivity contribution in [2.24, 2.45) is 0 Å². The zero-order chi connectivity index (χ0) is 8.10. The van der Waals surface area contributed by atoms with Gasteiger partial charge in [-0.05, 0) is 24.5 Å². The second-order valence-corrected chi connectivity index (χ2v) is 2.57. The molecule has 0 fully saturated rings. The lowest BCUT2D eigenvalue weighted by Crippen LogP contribution is -1.88. The average Bonchev–Trinajstić information content (AvgIpc) is 2.03. The fourth-order valence-corrected chi connectivity index (χ4v) is 1.08. The molecule has 0 aromatic heterocycles. The van der Waals surface area contributed by atoms with Crippen LogP contribution in [0.4, 0.5) is 0 Å². The van der Waals surface area contributed by atoms with Crippen molar-refractivity contribution in [1.82, 2.24) is 0 Å². The van der Waals surface area contributed by atoms with E-state index in [0.717, 1.165) is 6.42 Å². The van der Waals surface area contributed by atoms with Crippen LogP contribution >= 0.6 is 0 Å². The molecule has 0 unspecified atom stereocenters. The van der Waals surface area contributed by atoms with E-state index >= 15 is 0 Å².